The third kappa shape index (κ3) is 11.0. The maximum atomic E-state index is 15.0. The largest absolute Gasteiger partial charge is 0.507 e. The van der Waals surface area contributed by atoms with Gasteiger partial charge in [0, 0.05) is 85.0 Å². The van der Waals surface area contributed by atoms with Crippen molar-refractivity contribution in [3.05, 3.63) is 58.0 Å². The van der Waals surface area contributed by atoms with Crippen molar-refractivity contribution in [2.24, 2.45) is 39.6 Å². The molecule has 4 aliphatic rings. The molecule has 4 aliphatic heterocycles. The maximum Gasteiger partial charge on any atom is 0.383 e. The summed E-state index contributed by atoms with van der Waals surface area (Å²) in [4.78, 5) is 69.1. The molecule has 1 unspecified atom stereocenters. The highest BCUT2D eigenvalue weighted by atomic mass is 127. The molecular weight excluding hydrogens is 1010 g/mol. The van der Waals surface area contributed by atoms with Gasteiger partial charge in [-0.1, -0.05) is 82.4 Å². The molecule has 2 aromatic rings. The van der Waals surface area contributed by atoms with Gasteiger partial charge in [-0.15, -0.1) is 6.42 Å². The fourth-order valence-electron chi connectivity index (χ4n) is 9.84. The number of hydrogen-bond acceptors (Lipinski definition) is 15. The zero-order chi connectivity index (χ0) is 51.6. The first kappa shape index (κ1) is 54.3. The minimum atomic E-state index is -2.41. The van der Waals surface area contributed by atoms with E-state index in [1.807, 2.05) is 45.8 Å². The third-order valence-electron chi connectivity index (χ3n) is 14.5. The van der Waals surface area contributed by atoms with Crippen LogP contribution in [0.4, 0.5) is 5.69 Å². The molecule has 0 aromatic heterocycles. The second-order valence-electron chi connectivity index (χ2n) is 19.8. The molecule has 4 heterocycles. The summed E-state index contributed by atoms with van der Waals surface area (Å²) in [5.74, 6) is -5.87. The van der Waals surface area contributed by atoms with Gasteiger partial charge in [0.15, 0.2) is 5.75 Å². The van der Waals surface area contributed by atoms with Crippen LogP contribution in [0, 0.1) is 48.9 Å². The van der Waals surface area contributed by atoms with E-state index >= 15 is 0 Å². The highest BCUT2D eigenvalue weighted by molar-refractivity contribution is 14.1. The number of phenols is 2. The number of ketones is 1. The van der Waals surface area contributed by atoms with Crippen LogP contribution in [-0.4, -0.2) is 136 Å². The van der Waals surface area contributed by atoms with Crippen LogP contribution in [0.3, 0.4) is 0 Å². The number of likely N-dealkylation sites (tertiary alicyclic amines) is 1. The number of aliphatic hydroxyl groups excluding tert-OH is 1. The maximum absolute atomic E-state index is 15.0. The number of ether oxygens (including phenoxy) is 4. The van der Waals surface area contributed by atoms with Crippen LogP contribution in [0.25, 0.3) is 10.8 Å². The number of benzene rings is 2. The number of anilines is 1. The number of aromatic hydroxyl groups is 2. The lowest BCUT2D eigenvalue weighted by molar-refractivity contribution is -0.163. The Balaban J connectivity index is 1.49. The van der Waals surface area contributed by atoms with Crippen LogP contribution >= 0.6 is 22.6 Å². The van der Waals surface area contributed by atoms with Crippen LogP contribution in [0.1, 0.15) is 83.7 Å². The Morgan fingerprint density at radius 3 is 2.36 bits per heavy atom. The van der Waals surface area contributed by atoms with Gasteiger partial charge in [0.25, 0.3) is 11.7 Å². The van der Waals surface area contributed by atoms with Crippen LogP contribution in [-0.2, 0) is 28.6 Å². The number of piperidine rings is 1. The van der Waals surface area contributed by atoms with E-state index in [0.29, 0.717) is 42.9 Å². The van der Waals surface area contributed by atoms with E-state index in [1.54, 1.807) is 32.9 Å². The van der Waals surface area contributed by atoms with E-state index in [9.17, 15) is 34.5 Å². The molecular formula is C52H69IN6O11. The SMILES string of the molecule is C#C[C@@]12O/C=C/[C@H](OC)[C@@H](C)[C@@H](OC(=O)CC(=O)NCCN(C)C)[C@H](C)[C@H](O)[C@H](C)[C@@H](C)[C@@H](C)/C=C/C=C(/C)C(=O)N=c3c(O)c4c(O)c(C)c(c(c4c4c3=NC3(CCN(CC(C)I)CC3)N4)C1=O)O2. The van der Waals surface area contributed by atoms with Crippen LogP contribution in [0.2, 0.25) is 0 Å². The lowest BCUT2D eigenvalue weighted by atomic mass is 9.75. The minimum Gasteiger partial charge on any atom is -0.507 e. The molecule has 1 fully saturated rings. The van der Waals surface area contributed by atoms with Crippen molar-refractivity contribution >= 4 is 62.6 Å². The van der Waals surface area contributed by atoms with Crippen molar-refractivity contribution in [3.63, 3.8) is 0 Å². The number of hydrogen-bond donors (Lipinski definition) is 5. The van der Waals surface area contributed by atoms with Crippen molar-refractivity contribution in [2.45, 2.75) is 108 Å². The quantitative estimate of drug-likeness (QED) is 0.0566. The Labute approximate surface area is 424 Å². The van der Waals surface area contributed by atoms with Gasteiger partial charge in [0.2, 0.25) is 5.91 Å². The zero-order valence-electron chi connectivity index (χ0n) is 42.1. The van der Waals surface area contributed by atoms with Gasteiger partial charge in [-0.3, -0.25) is 24.2 Å². The molecule has 0 aliphatic carbocycles. The summed E-state index contributed by atoms with van der Waals surface area (Å²) in [5, 5.41) is 42.4. The number of Topliss-reactive ketones (excluding diaryl/α,β-unsaturated/α-hetero) is 1. The molecule has 18 heteroatoms. The monoisotopic (exact) mass is 1080 g/mol. The van der Waals surface area contributed by atoms with Gasteiger partial charge in [0.1, 0.15) is 40.4 Å². The van der Waals surface area contributed by atoms with Crippen LogP contribution < -0.4 is 26.1 Å². The number of terminal acetylenes is 1. The molecule has 2 aromatic carbocycles. The third-order valence-corrected chi connectivity index (χ3v) is 14.9. The number of likely N-dealkylation sites (N-methyl/N-ethyl adjacent to an activating group) is 1. The first-order valence-corrected chi connectivity index (χ1v) is 25.2. The van der Waals surface area contributed by atoms with E-state index in [0.717, 1.165) is 12.8 Å². The number of esters is 1. The summed E-state index contributed by atoms with van der Waals surface area (Å²) in [6.45, 7) is 17.9. The number of alkyl halides is 1. The Kier molecular flexibility index (Phi) is 17.2. The molecule has 1 spiro atoms. The normalized spacial score (nSPS) is 30.2. The highest BCUT2D eigenvalue weighted by Gasteiger charge is 2.53. The van der Waals surface area contributed by atoms with Gasteiger partial charge in [-0.25, -0.2) is 4.99 Å². The number of fused-ring (bicyclic) bond motifs is 1. The molecule has 0 saturated carbocycles. The fourth-order valence-corrected chi connectivity index (χ4v) is 10.4. The number of carbonyl (C=O) groups excluding carboxylic acids is 4. The lowest BCUT2D eigenvalue weighted by Gasteiger charge is -2.38. The molecule has 6 rings (SSSR count). The summed E-state index contributed by atoms with van der Waals surface area (Å²) in [7, 11) is 5.17. The Morgan fingerprint density at radius 2 is 1.73 bits per heavy atom. The molecule has 2 amide bonds. The number of amides is 2. The minimum absolute atomic E-state index is 0.0650. The predicted molar refractivity (Wildman–Crippen MR) is 273 cm³/mol. The Hall–Kier alpha value is -5.07. The van der Waals surface area contributed by atoms with Gasteiger partial charge >= 0.3 is 11.8 Å². The molecule has 10 atom stereocenters. The van der Waals surface area contributed by atoms with Crippen molar-refractivity contribution in [1.82, 2.24) is 15.1 Å². The topological polar surface area (TPSA) is 221 Å². The molecule has 380 valence electrons. The number of allylic oxidation sites excluding steroid dienone is 3. The van der Waals surface area contributed by atoms with Crippen molar-refractivity contribution in [1.29, 1.82) is 0 Å². The van der Waals surface area contributed by atoms with Crippen LogP contribution in [0.15, 0.2) is 46.1 Å². The molecule has 0 radical (unpaired) electrons. The summed E-state index contributed by atoms with van der Waals surface area (Å²) < 4.78 is 24.8. The average molecular weight is 1080 g/mol. The summed E-state index contributed by atoms with van der Waals surface area (Å²) in [6, 6.07) is 0. The summed E-state index contributed by atoms with van der Waals surface area (Å²) in [5.41, 5.74) is -0.409. The molecule has 4 bridgehead atoms. The fraction of sp³-hybridized carbons (Fsp3) is 0.577. The Morgan fingerprint density at radius 1 is 1.04 bits per heavy atom. The molecule has 1 saturated heterocycles. The van der Waals surface area contributed by atoms with Gasteiger partial charge in [0.05, 0.1) is 35.1 Å². The summed E-state index contributed by atoms with van der Waals surface area (Å²) >= 11 is 2.40. The van der Waals surface area contributed by atoms with Gasteiger partial charge < -0.3 is 54.7 Å². The smallest absolute Gasteiger partial charge is 0.383 e. The number of halogens is 1. The van der Waals surface area contributed by atoms with Crippen LogP contribution in [0.5, 0.6) is 17.2 Å². The number of carbonyl (C=O) groups is 4. The number of phenolic OH excluding ortho intramolecular Hbond substituents is 2. The van der Waals surface area contributed by atoms with Gasteiger partial charge in [-0.2, -0.15) is 0 Å². The number of rotatable bonds is 9. The number of nitrogens with zero attached hydrogens (tertiary/aromatic N) is 4. The molecule has 70 heavy (non-hydrogen) atoms. The molecule has 17 nitrogen and oxygen atoms in total. The van der Waals surface area contributed by atoms with Crippen molar-refractivity contribution in [3.8, 4) is 29.6 Å². The molecule has 5 N–H and O–H groups in total. The van der Waals surface area contributed by atoms with E-state index in [2.05, 4.69) is 56.0 Å². The number of nitrogens with one attached hydrogen (secondary N) is 2. The second kappa shape index (κ2) is 22.1. The van der Waals surface area contributed by atoms with Crippen molar-refractivity contribution < 1.29 is 53.4 Å². The standard InChI is InChI=1S/C52H69IN6O11/c1-13-52-49(65)40-38-39(45(63)34(9)48(40)70-52)46(64)43(42-41(38)56-51(57-42)18-21-59(22-19-51)26-29(4)53)55-50(66)28(3)16-14-15-27(2)30(5)31(6)44(62)33(8)47(32(7)35(67-12)17-24-68-52)69-37(61)25-36(60)54-20-23-58(10)11/h1,14-17,24,27,29-33,35,44,47,56,62-64H,18-23,25-26H2,2-12H3,(H,54,60)/b15-14+,24-17+,28-16-,55-43?/t27-,29?,30-,31+,32+,33+,35-,44+,47+,52-/m0/s1. The van der Waals surface area contributed by atoms with E-state index < -0.39 is 83.1 Å². The van der Waals surface area contributed by atoms with E-state index in [-0.39, 0.29) is 67.4 Å². The highest BCUT2D eigenvalue weighted by Crippen LogP contribution is 2.51. The van der Waals surface area contributed by atoms with Crippen molar-refractivity contribution in [2.75, 3.05) is 59.2 Å². The average Bonchev–Trinajstić information content (AvgIpc) is 3.83. The second-order valence-corrected chi connectivity index (χ2v) is 21.9. The summed E-state index contributed by atoms with van der Waals surface area (Å²) in [6.07, 6.45) is 11.7. The number of methoxy groups -OCH3 is 1. The zero-order valence-corrected chi connectivity index (χ0v) is 44.2. The first-order chi connectivity index (χ1) is 33.0. The van der Waals surface area contributed by atoms with E-state index in [4.69, 9.17) is 30.4 Å². The van der Waals surface area contributed by atoms with Gasteiger partial charge in [-0.05, 0) is 57.7 Å². The predicted octanol–water partition coefficient (Wildman–Crippen LogP) is 4.85. The lowest BCUT2D eigenvalue weighted by Crippen LogP contribution is -2.47. The number of aliphatic hydroxyl groups is 1. The first-order valence-electron chi connectivity index (χ1n) is 23.9. The van der Waals surface area contributed by atoms with E-state index in [1.165, 1.54) is 20.1 Å². The Bertz CT molecular complexity index is 2630.